The first-order valence-corrected chi connectivity index (χ1v) is 9.73. The van der Waals surface area contributed by atoms with Crippen LogP contribution in [0.15, 0.2) is 30.3 Å². The number of carbonyl (C=O) groups excluding carboxylic acids is 2. The first kappa shape index (κ1) is 20.1. The van der Waals surface area contributed by atoms with Crippen molar-refractivity contribution in [3.05, 3.63) is 35.9 Å². The molecule has 2 aliphatic rings. The molecule has 8 heteroatoms. The van der Waals surface area contributed by atoms with Crippen LogP contribution in [0, 0.1) is 0 Å². The topological polar surface area (TPSA) is 116 Å². The fourth-order valence-electron chi connectivity index (χ4n) is 4.37. The van der Waals surface area contributed by atoms with Gasteiger partial charge in [-0.3, -0.25) is 14.5 Å². The minimum atomic E-state index is -1.10. The maximum absolute atomic E-state index is 13.1. The molecule has 1 saturated heterocycles. The molecule has 0 spiro atoms. The van der Waals surface area contributed by atoms with Crippen molar-refractivity contribution in [1.82, 2.24) is 15.1 Å². The third-order valence-electron chi connectivity index (χ3n) is 5.67. The van der Waals surface area contributed by atoms with E-state index in [-0.39, 0.29) is 36.5 Å². The van der Waals surface area contributed by atoms with Crippen molar-refractivity contribution in [3.8, 4) is 0 Å². The lowest BCUT2D eigenvalue weighted by Crippen LogP contribution is -2.57. The summed E-state index contributed by atoms with van der Waals surface area (Å²) in [5.74, 6) is -0.335. The number of carboxylic acid groups (broad SMARTS) is 1. The van der Waals surface area contributed by atoms with Gasteiger partial charge in [-0.05, 0) is 31.2 Å². The summed E-state index contributed by atoms with van der Waals surface area (Å²) in [6.07, 6.45) is 1.45. The van der Waals surface area contributed by atoms with Crippen molar-refractivity contribution < 1.29 is 19.5 Å². The van der Waals surface area contributed by atoms with E-state index in [1.807, 2.05) is 30.3 Å². The molecular formula is C20H28N4O4. The highest BCUT2D eigenvalue weighted by Gasteiger charge is 2.44. The molecule has 3 amide bonds. The summed E-state index contributed by atoms with van der Waals surface area (Å²) in [5, 5.41) is 12.6. The van der Waals surface area contributed by atoms with E-state index in [4.69, 9.17) is 5.73 Å². The van der Waals surface area contributed by atoms with Crippen LogP contribution in [0.25, 0.3) is 0 Å². The van der Waals surface area contributed by atoms with Crippen LogP contribution in [0.2, 0.25) is 0 Å². The molecule has 0 radical (unpaired) electrons. The van der Waals surface area contributed by atoms with E-state index in [0.29, 0.717) is 25.8 Å². The molecule has 2 fully saturated rings. The number of likely N-dealkylation sites (tertiary alicyclic amines) is 1. The number of carbonyl (C=O) groups is 3. The van der Waals surface area contributed by atoms with Crippen LogP contribution >= 0.6 is 0 Å². The van der Waals surface area contributed by atoms with Crippen LogP contribution in [0.3, 0.4) is 0 Å². The van der Waals surface area contributed by atoms with Crippen LogP contribution in [0.5, 0.6) is 0 Å². The zero-order valence-corrected chi connectivity index (χ0v) is 16.1. The molecule has 4 atom stereocenters. The van der Waals surface area contributed by atoms with Gasteiger partial charge in [-0.1, -0.05) is 30.3 Å². The Morgan fingerprint density at radius 3 is 2.61 bits per heavy atom. The summed E-state index contributed by atoms with van der Waals surface area (Å²) in [5.41, 5.74) is 6.90. The molecular weight excluding hydrogens is 360 g/mol. The number of nitrogens with one attached hydrogen (secondary N) is 1. The maximum Gasteiger partial charge on any atom is 0.408 e. The Hall–Kier alpha value is -2.61. The highest BCUT2D eigenvalue weighted by atomic mass is 16.4. The Balaban J connectivity index is 1.74. The number of nitrogens with two attached hydrogens (primary N) is 1. The summed E-state index contributed by atoms with van der Waals surface area (Å²) >= 11 is 0. The van der Waals surface area contributed by atoms with Crippen LogP contribution in [-0.4, -0.2) is 63.5 Å². The number of benzene rings is 1. The zero-order chi connectivity index (χ0) is 20.3. The second kappa shape index (κ2) is 8.60. The summed E-state index contributed by atoms with van der Waals surface area (Å²) < 4.78 is 0. The van der Waals surface area contributed by atoms with Crippen molar-refractivity contribution in [2.75, 3.05) is 6.54 Å². The normalized spacial score (nSPS) is 27.5. The fraction of sp³-hybridized carbons (Fsp3) is 0.550. The molecule has 0 unspecified atom stereocenters. The van der Waals surface area contributed by atoms with E-state index in [1.165, 1.54) is 11.8 Å². The van der Waals surface area contributed by atoms with Gasteiger partial charge in [0.25, 0.3) is 0 Å². The van der Waals surface area contributed by atoms with Gasteiger partial charge in [0.1, 0.15) is 6.04 Å². The van der Waals surface area contributed by atoms with E-state index in [0.717, 1.165) is 12.0 Å². The Morgan fingerprint density at radius 1 is 1.25 bits per heavy atom. The molecule has 1 saturated carbocycles. The van der Waals surface area contributed by atoms with Gasteiger partial charge in [0.15, 0.2) is 0 Å². The molecule has 3 rings (SSSR count). The summed E-state index contributed by atoms with van der Waals surface area (Å²) in [6, 6.07) is 8.22. The van der Waals surface area contributed by atoms with Gasteiger partial charge < -0.3 is 21.1 Å². The smallest absolute Gasteiger partial charge is 0.408 e. The number of amides is 3. The SMILES string of the molecule is CC(=O)N[C@H]1C[C@H](N)CC[C@@H]1N1CC[C@H](N(Cc2ccccc2)C(=O)O)C1=O. The van der Waals surface area contributed by atoms with Crippen LogP contribution < -0.4 is 11.1 Å². The van der Waals surface area contributed by atoms with Crippen molar-refractivity contribution in [2.45, 2.75) is 63.3 Å². The minimum Gasteiger partial charge on any atom is -0.465 e. The average Bonchev–Trinajstić information content (AvgIpc) is 3.01. The Labute approximate surface area is 164 Å². The van der Waals surface area contributed by atoms with E-state index >= 15 is 0 Å². The first-order chi connectivity index (χ1) is 13.4. The van der Waals surface area contributed by atoms with Gasteiger partial charge in [-0.25, -0.2) is 4.79 Å². The van der Waals surface area contributed by atoms with E-state index < -0.39 is 12.1 Å². The number of nitrogens with zero attached hydrogens (tertiary/aromatic N) is 2. The summed E-state index contributed by atoms with van der Waals surface area (Å²) in [4.78, 5) is 39.5. The zero-order valence-electron chi connectivity index (χ0n) is 16.1. The number of rotatable bonds is 5. The lowest BCUT2D eigenvalue weighted by molar-refractivity contribution is -0.135. The third-order valence-corrected chi connectivity index (χ3v) is 5.67. The van der Waals surface area contributed by atoms with Gasteiger partial charge >= 0.3 is 6.09 Å². The standard InChI is InChI=1S/C20H28N4O4/c1-13(25)22-16-11-15(21)7-8-17(16)23-10-9-18(19(23)26)24(20(27)28)12-14-5-3-2-4-6-14/h2-6,15-18H,7-12,21H2,1H3,(H,22,25)(H,27,28)/t15-,16+,17+,18+/m1/s1. The van der Waals surface area contributed by atoms with Gasteiger partial charge in [0.2, 0.25) is 11.8 Å². The van der Waals surface area contributed by atoms with Crippen molar-refractivity contribution >= 4 is 17.9 Å². The predicted molar refractivity (Wildman–Crippen MR) is 103 cm³/mol. The predicted octanol–water partition coefficient (Wildman–Crippen LogP) is 1.15. The summed E-state index contributed by atoms with van der Waals surface area (Å²) in [7, 11) is 0. The molecule has 28 heavy (non-hydrogen) atoms. The van der Waals surface area contributed by atoms with Crippen LogP contribution in [0.4, 0.5) is 4.79 Å². The highest BCUT2D eigenvalue weighted by Crippen LogP contribution is 2.29. The lowest BCUT2D eigenvalue weighted by atomic mass is 9.86. The van der Waals surface area contributed by atoms with Gasteiger partial charge in [0, 0.05) is 26.1 Å². The molecule has 0 aromatic heterocycles. The van der Waals surface area contributed by atoms with Crippen molar-refractivity contribution in [1.29, 1.82) is 0 Å². The summed E-state index contributed by atoms with van der Waals surface area (Å²) in [6.45, 7) is 2.11. The number of hydrogen-bond donors (Lipinski definition) is 3. The molecule has 1 aliphatic carbocycles. The third kappa shape index (κ3) is 4.44. The van der Waals surface area contributed by atoms with Gasteiger partial charge in [0.05, 0.1) is 12.1 Å². The maximum atomic E-state index is 13.1. The molecule has 4 N–H and O–H groups in total. The minimum absolute atomic E-state index is 0.00444. The second-order valence-corrected chi connectivity index (χ2v) is 7.68. The Kier molecular flexibility index (Phi) is 6.18. The Morgan fingerprint density at radius 2 is 1.96 bits per heavy atom. The van der Waals surface area contributed by atoms with E-state index in [9.17, 15) is 19.5 Å². The monoisotopic (exact) mass is 388 g/mol. The lowest BCUT2D eigenvalue weighted by Gasteiger charge is -2.40. The van der Waals surface area contributed by atoms with E-state index in [1.54, 1.807) is 4.90 Å². The van der Waals surface area contributed by atoms with Gasteiger partial charge in [-0.15, -0.1) is 0 Å². The highest BCUT2D eigenvalue weighted by molar-refractivity contribution is 5.87. The van der Waals surface area contributed by atoms with Crippen molar-refractivity contribution in [2.24, 2.45) is 5.73 Å². The Bertz CT molecular complexity index is 726. The van der Waals surface area contributed by atoms with Gasteiger partial charge in [-0.2, -0.15) is 0 Å². The largest absolute Gasteiger partial charge is 0.465 e. The van der Waals surface area contributed by atoms with Crippen LogP contribution in [0.1, 0.15) is 38.2 Å². The molecule has 8 nitrogen and oxygen atoms in total. The average molecular weight is 388 g/mol. The van der Waals surface area contributed by atoms with E-state index in [2.05, 4.69) is 5.32 Å². The number of hydrogen-bond acceptors (Lipinski definition) is 4. The second-order valence-electron chi connectivity index (χ2n) is 7.68. The molecule has 1 aliphatic heterocycles. The molecule has 1 aromatic rings. The van der Waals surface area contributed by atoms with Crippen LogP contribution in [-0.2, 0) is 16.1 Å². The van der Waals surface area contributed by atoms with Crippen molar-refractivity contribution in [3.63, 3.8) is 0 Å². The fourth-order valence-corrected chi connectivity index (χ4v) is 4.37. The quantitative estimate of drug-likeness (QED) is 0.700. The first-order valence-electron chi connectivity index (χ1n) is 9.73. The molecule has 1 aromatic carbocycles. The molecule has 0 bridgehead atoms. The molecule has 152 valence electrons. The molecule has 1 heterocycles.